The van der Waals surface area contributed by atoms with Gasteiger partial charge in [-0.1, -0.05) is 19.1 Å². The lowest BCUT2D eigenvalue weighted by Gasteiger charge is -2.09. The van der Waals surface area contributed by atoms with Crippen molar-refractivity contribution in [2.24, 2.45) is 0 Å². The van der Waals surface area contributed by atoms with E-state index in [0.717, 1.165) is 17.7 Å². The standard InChI is InChI=1S/C19H20N2O3/c1-2-13-23-17-7-9-18(10-8-17)24-14-19(22)21-16-5-3-15(4-6-16)11-12-20/h3-10H,2,11,13-14H2,1H3,(H,21,22). The zero-order valence-corrected chi connectivity index (χ0v) is 13.6. The highest BCUT2D eigenvalue weighted by molar-refractivity contribution is 5.91. The van der Waals surface area contributed by atoms with Crippen molar-refractivity contribution >= 4 is 11.6 Å². The van der Waals surface area contributed by atoms with Gasteiger partial charge in [-0.3, -0.25) is 4.79 Å². The van der Waals surface area contributed by atoms with E-state index >= 15 is 0 Å². The Morgan fingerprint density at radius 1 is 1.04 bits per heavy atom. The Balaban J connectivity index is 1.79. The maximum Gasteiger partial charge on any atom is 0.262 e. The first-order valence-electron chi connectivity index (χ1n) is 7.82. The van der Waals surface area contributed by atoms with E-state index in [1.165, 1.54) is 0 Å². The molecule has 0 heterocycles. The molecule has 0 unspecified atom stereocenters. The highest BCUT2D eigenvalue weighted by atomic mass is 16.5. The van der Waals surface area contributed by atoms with Crippen LogP contribution in [0.25, 0.3) is 0 Å². The van der Waals surface area contributed by atoms with Gasteiger partial charge in [-0.25, -0.2) is 0 Å². The summed E-state index contributed by atoms with van der Waals surface area (Å²) in [6.07, 6.45) is 1.31. The summed E-state index contributed by atoms with van der Waals surface area (Å²) >= 11 is 0. The summed E-state index contributed by atoms with van der Waals surface area (Å²) in [7, 11) is 0. The Hall–Kier alpha value is -3.00. The Bertz CT molecular complexity index is 688. The number of hydrogen-bond acceptors (Lipinski definition) is 4. The lowest BCUT2D eigenvalue weighted by molar-refractivity contribution is -0.118. The fourth-order valence-corrected chi connectivity index (χ4v) is 2.00. The maximum atomic E-state index is 11.9. The number of nitrogens with one attached hydrogen (secondary N) is 1. The molecule has 0 spiro atoms. The first-order chi connectivity index (χ1) is 11.7. The van der Waals surface area contributed by atoms with E-state index in [0.29, 0.717) is 24.5 Å². The van der Waals surface area contributed by atoms with Crippen LogP contribution in [0.2, 0.25) is 0 Å². The normalized spacial score (nSPS) is 9.83. The topological polar surface area (TPSA) is 71.3 Å². The van der Waals surface area contributed by atoms with Crippen LogP contribution in [0.15, 0.2) is 48.5 Å². The van der Waals surface area contributed by atoms with Crippen molar-refractivity contribution in [3.05, 3.63) is 54.1 Å². The molecule has 124 valence electrons. The molecule has 0 saturated carbocycles. The predicted molar refractivity (Wildman–Crippen MR) is 92.1 cm³/mol. The van der Waals surface area contributed by atoms with E-state index in [9.17, 15) is 4.79 Å². The van der Waals surface area contributed by atoms with Gasteiger partial charge < -0.3 is 14.8 Å². The van der Waals surface area contributed by atoms with Gasteiger partial charge in [0, 0.05) is 5.69 Å². The lowest BCUT2D eigenvalue weighted by atomic mass is 10.1. The van der Waals surface area contributed by atoms with Crippen molar-refractivity contribution in [2.45, 2.75) is 19.8 Å². The number of anilines is 1. The van der Waals surface area contributed by atoms with Gasteiger partial charge in [0.05, 0.1) is 19.1 Å². The quantitative estimate of drug-likeness (QED) is 0.806. The second-order valence-corrected chi connectivity index (χ2v) is 5.19. The molecule has 0 saturated heterocycles. The third kappa shape index (κ3) is 5.65. The van der Waals surface area contributed by atoms with Crippen molar-refractivity contribution in [2.75, 3.05) is 18.5 Å². The van der Waals surface area contributed by atoms with E-state index in [1.54, 1.807) is 24.3 Å². The summed E-state index contributed by atoms with van der Waals surface area (Å²) in [4.78, 5) is 11.9. The average Bonchev–Trinajstić information content (AvgIpc) is 2.61. The van der Waals surface area contributed by atoms with Gasteiger partial charge in [0.25, 0.3) is 5.91 Å². The molecule has 5 nitrogen and oxygen atoms in total. The molecular weight excluding hydrogens is 304 g/mol. The molecule has 2 rings (SSSR count). The minimum atomic E-state index is -0.241. The first kappa shape index (κ1) is 17.4. The molecule has 24 heavy (non-hydrogen) atoms. The van der Waals surface area contributed by atoms with Crippen LogP contribution in [-0.4, -0.2) is 19.1 Å². The molecule has 0 aliphatic rings. The van der Waals surface area contributed by atoms with Crippen molar-refractivity contribution in [3.8, 4) is 17.6 Å². The fraction of sp³-hybridized carbons (Fsp3) is 0.263. The van der Waals surface area contributed by atoms with Crippen LogP contribution >= 0.6 is 0 Å². The lowest BCUT2D eigenvalue weighted by Crippen LogP contribution is -2.20. The SMILES string of the molecule is CCCOc1ccc(OCC(=O)Nc2ccc(CC#N)cc2)cc1. The molecule has 1 amide bonds. The summed E-state index contributed by atoms with van der Waals surface area (Å²) in [5.74, 6) is 1.15. The van der Waals surface area contributed by atoms with E-state index in [4.69, 9.17) is 14.7 Å². The van der Waals surface area contributed by atoms with Gasteiger partial charge in [-0.05, 0) is 48.4 Å². The Kier molecular flexibility index (Phi) is 6.66. The number of carbonyl (C=O) groups is 1. The third-order valence-electron chi connectivity index (χ3n) is 3.19. The average molecular weight is 324 g/mol. The number of ether oxygens (including phenoxy) is 2. The molecule has 5 heteroatoms. The highest BCUT2D eigenvalue weighted by Gasteiger charge is 2.04. The van der Waals surface area contributed by atoms with Gasteiger partial charge in [-0.15, -0.1) is 0 Å². The van der Waals surface area contributed by atoms with Crippen molar-refractivity contribution in [1.29, 1.82) is 5.26 Å². The van der Waals surface area contributed by atoms with Crippen LogP contribution in [-0.2, 0) is 11.2 Å². The maximum absolute atomic E-state index is 11.9. The number of rotatable bonds is 8. The van der Waals surface area contributed by atoms with Crippen LogP contribution < -0.4 is 14.8 Å². The Labute approximate surface area is 141 Å². The van der Waals surface area contributed by atoms with E-state index in [2.05, 4.69) is 11.4 Å². The molecule has 0 bridgehead atoms. The largest absolute Gasteiger partial charge is 0.494 e. The molecule has 2 aromatic carbocycles. The minimum absolute atomic E-state index is 0.0743. The summed E-state index contributed by atoms with van der Waals surface area (Å²) in [6.45, 7) is 2.65. The summed E-state index contributed by atoms with van der Waals surface area (Å²) in [6, 6.07) is 16.4. The van der Waals surface area contributed by atoms with Crippen LogP contribution in [0.1, 0.15) is 18.9 Å². The highest BCUT2D eigenvalue weighted by Crippen LogP contribution is 2.18. The zero-order chi connectivity index (χ0) is 17.2. The summed E-state index contributed by atoms with van der Waals surface area (Å²) in [5, 5.41) is 11.4. The van der Waals surface area contributed by atoms with Crippen LogP contribution in [0.4, 0.5) is 5.69 Å². The molecule has 0 aromatic heterocycles. The Morgan fingerprint density at radius 3 is 2.25 bits per heavy atom. The zero-order valence-electron chi connectivity index (χ0n) is 13.6. The van der Waals surface area contributed by atoms with Crippen molar-refractivity contribution in [3.63, 3.8) is 0 Å². The summed E-state index contributed by atoms with van der Waals surface area (Å²) < 4.78 is 10.9. The van der Waals surface area contributed by atoms with E-state index in [-0.39, 0.29) is 12.5 Å². The number of nitrogens with zero attached hydrogens (tertiary/aromatic N) is 1. The van der Waals surface area contributed by atoms with Gasteiger partial charge >= 0.3 is 0 Å². The van der Waals surface area contributed by atoms with Gasteiger partial charge in [-0.2, -0.15) is 5.26 Å². The number of carbonyl (C=O) groups excluding carboxylic acids is 1. The number of nitriles is 1. The third-order valence-corrected chi connectivity index (χ3v) is 3.19. The first-order valence-corrected chi connectivity index (χ1v) is 7.82. The van der Waals surface area contributed by atoms with Gasteiger partial charge in [0.1, 0.15) is 11.5 Å². The molecular formula is C19H20N2O3. The number of hydrogen-bond donors (Lipinski definition) is 1. The van der Waals surface area contributed by atoms with Crippen molar-refractivity contribution in [1.82, 2.24) is 0 Å². The van der Waals surface area contributed by atoms with Crippen LogP contribution in [0, 0.1) is 11.3 Å². The predicted octanol–water partition coefficient (Wildman–Crippen LogP) is 3.56. The smallest absolute Gasteiger partial charge is 0.262 e. The molecule has 2 aromatic rings. The number of benzene rings is 2. The second-order valence-electron chi connectivity index (χ2n) is 5.19. The molecule has 1 N–H and O–H groups in total. The van der Waals surface area contributed by atoms with Gasteiger partial charge in [0.15, 0.2) is 6.61 Å². The van der Waals surface area contributed by atoms with Crippen LogP contribution in [0.5, 0.6) is 11.5 Å². The van der Waals surface area contributed by atoms with E-state index in [1.807, 2.05) is 31.2 Å². The minimum Gasteiger partial charge on any atom is -0.494 e. The van der Waals surface area contributed by atoms with Crippen molar-refractivity contribution < 1.29 is 14.3 Å². The molecule has 0 aliphatic carbocycles. The number of amides is 1. The molecule has 0 fully saturated rings. The molecule has 0 atom stereocenters. The monoisotopic (exact) mass is 324 g/mol. The molecule has 0 radical (unpaired) electrons. The second kappa shape index (κ2) is 9.21. The molecule has 0 aliphatic heterocycles. The van der Waals surface area contributed by atoms with Crippen LogP contribution in [0.3, 0.4) is 0 Å². The fourth-order valence-electron chi connectivity index (χ4n) is 2.00. The van der Waals surface area contributed by atoms with Gasteiger partial charge in [0.2, 0.25) is 0 Å². The summed E-state index contributed by atoms with van der Waals surface area (Å²) in [5.41, 5.74) is 1.59. The Morgan fingerprint density at radius 2 is 1.67 bits per heavy atom. The van der Waals surface area contributed by atoms with E-state index < -0.39 is 0 Å².